The molecule has 1 aliphatic rings. The minimum absolute atomic E-state index is 0.236. The van der Waals surface area contributed by atoms with Crippen LogP contribution in [0.15, 0.2) is 12.2 Å². The van der Waals surface area contributed by atoms with Gasteiger partial charge in [-0.1, -0.05) is 25.3 Å². The van der Waals surface area contributed by atoms with E-state index in [9.17, 15) is 8.78 Å². The molecule has 0 aliphatic heterocycles. The molecular weight excluding hydrogens is 222 g/mol. The summed E-state index contributed by atoms with van der Waals surface area (Å²) in [4.78, 5) is 0. The van der Waals surface area contributed by atoms with Crippen LogP contribution in [-0.2, 0) is 4.74 Å². The van der Waals surface area contributed by atoms with Gasteiger partial charge in [-0.05, 0) is 37.2 Å². The molecule has 0 unspecified atom stereocenters. The predicted octanol–water partition coefficient (Wildman–Crippen LogP) is 4.57. The quantitative estimate of drug-likeness (QED) is 0.623. The van der Waals surface area contributed by atoms with Crippen molar-refractivity contribution < 1.29 is 13.5 Å². The topological polar surface area (TPSA) is 9.23 Å². The second kappa shape index (κ2) is 6.48. The molecule has 17 heavy (non-hydrogen) atoms. The molecule has 0 atom stereocenters. The number of alkyl halides is 2. The van der Waals surface area contributed by atoms with E-state index >= 15 is 0 Å². The molecular formula is C14H24F2O. The van der Waals surface area contributed by atoms with Crippen molar-refractivity contribution in [2.75, 3.05) is 13.7 Å². The molecule has 0 aromatic rings. The molecule has 0 N–H and O–H groups in total. The van der Waals surface area contributed by atoms with Crippen molar-refractivity contribution >= 4 is 0 Å². The summed E-state index contributed by atoms with van der Waals surface area (Å²) in [7, 11) is 1.73. The number of allylic oxidation sites excluding steroid dienone is 2. The van der Waals surface area contributed by atoms with Crippen molar-refractivity contribution in [1.82, 2.24) is 0 Å². The van der Waals surface area contributed by atoms with Crippen molar-refractivity contribution in [3.63, 3.8) is 0 Å². The number of ether oxygens (including phenoxy) is 1. The summed E-state index contributed by atoms with van der Waals surface area (Å²) < 4.78 is 30.6. The number of methoxy groups -OCH3 is 1. The van der Waals surface area contributed by atoms with Gasteiger partial charge in [0.2, 0.25) is 0 Å². The van der Waals surface area contributed by atoms with E-state index in [0.717, 1.165) is 32.4 Å². The van der Waals surface area contributed by atoms with Crippen molar-refractivity contribution in [2.24, 2.45) is 5.41 Å². The summed E-state index contributed by atoms with van der Waals surface area (Å²) in [6.45, 7) is 1.69. The van der Waals surface area contributed by atoms with Gasteiger partial charge in [0.05, 0.1) is 6.61 Å². The third kappa shape index (κ3) is 5.62. The van der Waals surface area contributed by atoms with Gasteiger partial charge in [-0.15, -0.1) is 0 Å². The third-order valence-corrected chi connectivity index (χ3v) is 3.62. The lowest BCUT2D eigenvalue weighted by molar-refractivity contribution is 0.0420. The lowest BCUT2D eigenvalue weighted by Crippen LogP contribution is -2.29. The molecule has 1 aliphatic carbocycles. The van der Waals surface area contributed by atoms with Crippen LogP contribution in [0, 0.1) is 5.41 Å². The number of rotatable bonds is 6. The van der Waals surface area contributed by atoms with Crippen LogP contribution < -0.4 is 0 Å². The smallest absolute Gasteiger partial charge is 0.263 e. The van der Waals surface area contributed by atoms with Gasteiger partial charge < -0.3 is 4.74 Å². The van der Waals surface area contributed by atoms with Gasteiger partial charge in [0.1, 0.15) is 0 Å². The molecule has 100 valence electrons. The molecule has 0 amide bonds. The van der Waals surface area contributed by atoms with E-state index in [1.54, 1.807) is 13.2 Å². The highest BCUT2D eigenvalue weighted by Gasteiger charge is 2.31. The molecule has 0 bridgehead atoms. The van der Waals surface area contributed by atoms with Gasteiger partial charge in [-0.3, -0.25) is 0 Å². The SMILES string of the molecule is COCC1(CC/C=C/C(C)(F)F)CCCCC1. The summed E-state index contributed by atoms with van der Waals surface area (Å²) in [6, 6.07) is 0. The highest BCUT2D eigenvalue weighted by Crippen LogP contribution is 2.40. The van der Waals surface area contributed by atoms with Crippen molar-refractivity contribution in [3.8, 4) is 0 Å². The van der Waals surface area contributed by atoms with Gasteiger partial charge in [0, 0.05) is 14.0 Å². The van der Waals surface area contributed by atoms with Gasteiger partial charge in [0.25, 0.3) is 5.92 Å². The van der Waals surface area contributed by atoms with Gasteiger partial charge in [-0.2, -0.15) is 0 Å². The maximum atomic E-state index is 12.6. The lowest BCUT2D eigenvalue weighted by Gasteiger charge is -2.36. The molecule has 0 saturated heterocycles. The first-order chi connectivity index (χ1) is 7.97. The molecule has 0 heterocycles. The molecule has 0 spiro atoms. The van der Waals surface area contributed by atoms with E-state index in [2.05, 4.69) is 0 Å². The number of halogens is 2. The summed E-state index contributed by atoms with van der Waals surface area (Å²) in [5, 5.41) is 0. The highest BCUT2D eigenvalue weighted by molar-refractivity contribution is 4.94. The first-order valence-corrected chi connectivity index (χ1v) is 6.52. The first kappa shape index (κ1) is 14.6. The van der Waals surface area contributed by atoms with Crippen LogP contribution in [0.25, 0.3) is 0 Å². The first-order valence-electron chi connectivity index (χ1n) is 6.52. The van der Waals surface area contributed by atoms with Gasteiger partial charge >= 0.3 is 0 Å². The molecule has 1 nitrogen and oxygen atoms in total. The van der Waals surface area contributed by atoms with E-state index in [4.69, 9.17) is 4.74 Å². The normalized spacial score (nSPS) is 20.9. The average Bonchev–Trinajstić information content (AvgIpc) is 2.25. The molecule has 3 heteroatoms. The summed E-state index contributed by atoms with van der Waals surface area (Å²) in [6.07, 6.45) is 10.5. The fraction of sp³-hybridized carbons (Fsp3) is 0.857. The van der Waals surface area contributed by atoms with Crippen LogP contribution in [0.2, 0.25) is 0 Å². The zero-order valence-corrected chi connectivity index (χ0v) is 11.0. The zero-order chi connectivity index (χ0) is 12.8. The van der Waals surface area contributed by atoms with E-state index in [1.165, 1.54) is 32.1 Å². The Kier molecular flexibility index (Phi) is 5.57. The van der Waals surface area contributed by atoms with Gasteiger partial charge in [0.15, 0.2) is 0 Å². The van der Waals surface area contributed by atoms with E-state index in [0.29, 0.717) is 0 Å². The Balaban J connectivity index is 2.42. The molecule has 1 rings (SSSR count). The largest absolute Gasteiger partial charge is 0.384 e. The zero-order valence-electron chi connectivity index (χ0n) is 11.0. The molecule has 0 radical (unpaired) electrons. The predicted molar refractivity (Wildman–Crippen MR) is 66.4 cm³/mol. The third-order valence-electron chi connectivity index (χ3n) is 3.62. The van der Waals surface area contributed by atoms with Crippen molar-refractivity contribution in [1.29, 1.82) is 0 Å². The van der Waals surface area contributed by atoms with Crippen molar-refractivity contribution in [3.05, 3.63) is 12.2 Å². The lowest BCUT2D eigenvalue weighted by atomic mass is 9.72. The van der Waals surface area contributed by atoms with Crippen LogP contribution in [0.4, 0.5) is 8.78 Å². The number of hydrogen-bond acceptors (Lipinski definition) is 1. The Labute approximate surface area is 103 Å². The van der Waals surface area contributed by atoms with E-state index in [1.807, 2.05) is 0 Å². The minimum atomic E-state index is -2.68. The molecule has 1 fully saturated rings. The molecule has 1 saturated carbocycles. The Bertz CT molecular complexity index is 232. The fourth-order valence-electron chi connectivity index (χ4n) is 2.75. The van der Waals surface area contributed by atoms with E-state index in [-0.39, 0.29) is 5.41 Å². The van der Waals surface area contributed by atoms with Gasteiger partial charge in [-0.25, -0.2) is 8.78 Å². The summed E-state index contributed by atoms with van der Waals surface area (Å²) in [5.74, 6) is -2.68. The second-order valence-corrected chi connectivity index (χ2v) is 5.39. The second-order valence-electron chi connectivity index (χ2n) is 5.39. The van der Waals surface area contributed by atoms with Crippen LogP contribution in [0.3, 0.4) is 0 Å². The van der Waals surface area contributed by atoms with Crippen LogP contribution in [0.5, 0.6) is 0 Å². The Morgan fingerprint density at radius 1 is 1.24 bits per heavy atom. The summed E-state index contributed by atoms with van der Waals surface area (Å²) in [5.41, 5.74) is 0.236. The van der Waals surface area contributed by atoms with Crippen molar-refractivity contribution in [2.45, 2.75) is 57.8 Å². The fourth-order valence-corrected chi connectivity index (χ4v) is 2.75. The average molecular weight is 246 g/mol. The van der Waals surface area contributed by atoms with E-state index < -0.39 is 5.92 Å². The monoisotopic (exact) mass is 246 g/mol. The minimum Gasteiger partial charge on any atom is -0.384 e. The highest BCUT2D eigenvalue weighted by atomic mass is 19.3. The van der Waals surface area contributed by atoms with Crippen LogP contribution >= 0.6 is 0 Å². The maximum absolute atomic E-state index is 12.6. The molecule has 0 aromatic carbocycles. The Hall–Kier alpha value is -0.440. The maximum Gasteiger partial charge on any atom is 0.263 e. The molecule has 0 aromatic heterocycles. The van der Waals surface area contributed by atoms with Crippen LogP contribution in [0.1, 0.15) is 51.9 Å². The Morgan fingerprint density at radius 2 is 1.88 bits per heavy atom. The summed E-state index contributed by atoms with van der Waals surface area (Å²) >= 11 is 0. The Morgan fingerprint density at radius 3 is 2.41 bits per heavy atom. The van der Waals surface area contributed by atoms with Crippen LogP contribution in [-0.4, -0.2) is 19.6 Å². The number of hydrogen-bond donors (Lipinski definition) is 0. The standard InChI is InChI=1S/C14H24F2O/c1-13(15,16)8-6-7-11-14(12-17-2)9-4-3-5-10-14/h6,8H,3-5,7,9-12H2,1-2H3/b8-6+.